The van der Waals surface area contributed by atoms with Gasteiger partial charge in [0.25, 0.3) is 0 Å². The highest BCUT2D eigenvalue weighted by molar-refractivity contribution is 7.91. The van der Waals surface area contributed by atoms with E-state index in [1.807, 2.05) is 0 Å². The van der Waals surface area contributed by atoms with Crippen LogP contribution in [0.4, 0.5) is 0 Å². The van der Waals surface area contributed by atoms with Crippen molar-refractivity contribution < 1.29 is 25.8 Å². The first-order chi connectivity index (χ1) is 12.3. The first-order valence-electron chi connectivity index (χ1n) is 7.99. The standard InChI is InChI=1S/C17H19NO6S2/c1-14-5-4-6-15(13-14)24-26(21,22)17-8-3-2-7-16(17)25(19,20)18-9-11-23-12-10-18/h2-8,13H,9-12H2,1H3. The molecule has 0 saturated carbocycles. The summed E-state index contributed by atoms with van der Waals surface area (Å²) >= 11 is 0. The molecule has 26 heavy (non-hydrogen) atoms. The molecule has 0 amide bonds. The lowest BCUT2D eigenvalue weighted by Crippen LogP contribution is -2.41. The average Bonchev–Trinajstić information content (AvgIpc) is 2.62. The second-order valence-corrected chi connectivity index (χ2v) is 9.24. The molecule has 9 heteroatoms. The van der Waals surface area contributed by atoms with Crippen LogP contribution in [0.3, 0.4) is 0 Å². The van der Waals surface area contributed by atoms with Gasteiger partial charge in [-0.25, -0.2) is 8.42 Å². The van der Waals surface area contributed by atoms with E-state index in [0.717, 1.165) is 5.56 Å². The van der Waals surface area contributed by atoms with E-state index in [9.17, 15) is 16.8 Å². The molecule has 3 rings (SSSR count). The Morgan fingerprint density at radius 3 is 2.23 bits per heavy atom. The Kier molecular flexibility index (Phi) is 5.33. The molecule has 1 fully saturated rings. The first-order valence-corrected chi connectivity index (χ1v) is 10.8. The van der Waals surface area contributed by atoms with Crippen molar-refractivity contribution in [2.45, 2.75) is 16.7 Å². The second kappa shape index (κ2) is 7.36. The van der Waals surface area contributed by atoms with E-state index in [-0.39, 0.29) is 41.8 Å². The van der Waals surface area contributed by atoms with Gasteiger partial charge in [0, 0.05) is 13.1 Å². The van der Waals surface area contributed by atoms with Crippen molar-refractivity contribution in [2.75, 3.05) is 26.3 Å². The zero-order valence-corrected chi connectivity index (χ0v) is 15.8. The molecular weight excluding hydrogens is 378 g/mol. The molecular formula is C17H19NO6S2. The van der Waals surface area contributed by atoms with Gasteiger partial charge in [0.05, 0.1) is 13.2 Å². The van der Waals surface area contributed by atoms with E-state index in [0.29, 0.717) is 0 Å². The SMILES string of the molecule is Cc1cccc(OS(=O)(=O)c2ccccc2S(=O)(=O)N2CCOCC2)c1. The van der Waals surface area contributed by atoms with Gasteiger partial charge in [-0.2, -0.15) is 12.7 Å². The van der Waals surface area contributed by atoms with Crippen molar-refractivity contribution in [3.05, 3.63) is 54.1 Å². The minimum absolute atomic E-state index is 0.128. The highest BCUT2D eigenvalue weighted by atomic mass is 32.2. The number of aryl methyl sites for hydroxylation is 1. The predicted molar refractivity (Wildman–Crippen MR) is 95.0 cm³/mol. The van der Waals surface area contributed by atoms with E-state index in [2.05, 4.69) is 0 Å². The molecule has 0 N–H and O–H groups in total. The van der Waals surface area contributed by atoms with Crippen LogP contribution in [0.25, 0.3) is 0 Å². The van der Waals surface area contributed by atoms with Crippen molar-refractivity contribution in [1.29, 1.82) is 0 Å². The smallest absolute Gasteiger partial charge is 0.340 e. The minimum Gasteiger partial charge on any atom is -0.379 e. The predicted octanol–water partition coefficient (Wildman–Crippen LogP) is 1.78. The van der Waals surface area contributed by atoms with Crippen molar-refractivity contribution in [1.82, 2.24) is 4.31 Å². The van der Waals surface area contributed by atoms with Gasteiger partial charge in [-0.3, -0.25) is 0 Å². The first kappa shape index (κ1) is 18.8. The molecule has 0 radical (unpaired) electrons. The summed E-state index contributed by atoms with van der Waals surface area (Å²) in [5.74, 6) is 0.128. The average molecular weight is 397 g/mol. The van der Waals surface area contributed by atoms with Gasteiger partial charge >= 0.3 is 10.1 Å². The fourth-order valence-corrected chi connectivity index (χ4v) is 5.74. The van der Waals surface area contributed by atoms with E-state index in [4.69, 9.17) is 8.92 Å². The number of hydrogen-bond donors (Lipinski definition) is 0. The maximum atomic E-state index is 12.9. The van der Waals surface area contributed by atoms with Crippen molar-refractivity contribution in [2.24, 2.45) is 0 Å². The summed E-state index contributed by atoms with van der Waals surface area (Å²) in [6.45, 7) is 2.70. The molecule has 0 unspecified atom stereocenters. The summed E-state index contributed by atoms with van der Waals surface area (Å²) in [7, 11) is -8.30. The summed E-state index contributed by atoms with van der Waals surface area (Å²) in [6, 6.07) is 12.0. The zero-order valence-electron chi connectivity index (χ0n) is 14.2. The van der Waals surface area contributed by atoms with Crippen LogP contribution in [0, 0.1) is 6.92 Å². The maximum Gasteiger partial charge on any atom is 0.340 e. The van der Waals surface area contributed by atoms with Gasteiger partial charge in [-0.05, 0) is 36.8 Å². The molecule has 1 heterocycles. The molecule has 1 aliphatic rings. The topological polar surface area (TPSA) is 90.0 Å². The Bertz CT molecular complexity index is 995. The zero-order chi connectivity index (χ0) is 18.8. The van der Waals surface area contributed by atoms with Gasteiger partial charge < -0.3 is 8.92 Å². The summed E-state index contributed by atoms with van der Waals surface area (Å²) in [5.41, 5.74) is 0.826. The highest BCUT2D eigenvalue weighted by Crippen LogP contribution is 2.27. The van der Waals surface area contributed by atoms with Crippen molar-refractivity contribution in [3.8, 4) is 5.75 Å². The van der Waals surface area contributed by atoms with Crippen LogP contribution >= 0.6 is 0 Å². The lowest BCUT2D eigenvalue weighted by molar-refractivity contribution is 0.0729. The summed E-state index contributed by atoms with van der Waals surface area (Å²) in [5, 5.41) is 0. The van der Waals surface area contributed by atoms with Crippen molar-refractivity contribution in [3.63, 3.8) is 0 Å². The number of rotatable bonds is 5. The van der Waals surface area contributed by atoms with Crippen LogP contribution < -0.4 is 4.18 Å². The van der Waals surface area contributed by atoms with Gasteiger partial charge in [-0.1, -0.05) is 24.3 Å². The third-order valence-corrected chi connectivity index (χ3v) is 7.29. The molecule has 2 aromatic rings. The Labute approximate surface area is 153 Å². The molecule has 0 spiro atoms. The van der Waals surface area contributed by atoms with Gasteiger partial charge in [0.2, 0.25) is 10.0 Å². The third kappa shape index (κ3) is 3.90. The molecule has 140 valence electrons. The van der Waals surface area contributed by atoms with Crippen LogP contribution in [-0.4, -0.2) is 47.4 Å². The Morgan fingerprint density at radius 1 is 0.923 bits per heavy atom. The molecule has 1 saturated heterocycles. The Hall–Kier alpha value is -1.94. The van der Waals surface area contributed by atoms with Crippen LogP contribution in [0.2, 0.25) is 0 Å². The number of benzene rings is 2. The third-order valence-electron chi connectivity index (χ3n) is 3.90. The molecule has 0 bridgehead atoms. The fourth-order valence-electron chi connectivity index (χ4n) is 2.63. The Morgan fingerprint density at radius 2 is 1.58 bits per heavy atom. The van der Waals surface area contributed by atoms with E-state index >= 15 is 0 Å². The lowest BCUT2D eigenvalue weighted by Gasteiger charge is -2.26. The van der Waals surface area contributed by atoms with Crippen LogP contribution in [0.1, 0.15) is 5.56 Å². The number of sulfonamides is 1. The highest BCUT2D eigenvalue weighted by Gasteiger charge is 2.33. The maximum absolute atomic E-state index is 12.9. The van der Waals surface area contributed by atoms with Gasteiger partial charge in [0.15, 0.2) is 0 Å². The van der Waals surface area contributed by atoms with Gasteiger partial charge in [-0.15, -0.1) is 0 Å². The van der Waals surface area contributed by atoms with E-state index in [1.54, 1.807) is 25.1 Å². The monoisotopic (exact) mass is 397 g/mol. The molecule has 1 aliphatic heterocycles. The number of hydrogen-bond acceptors (Lipinski definition) is 6. The number of nitrogens with zero attached hydrogens (tertiary/aromatic N) is 1. The lowest BCUT2D eigenvalue weighted by atomic mass is 10.2. The molecule has 0 atom stereocenters. The number of morpholine rings is 1. The molecule has 0 aliphatic carbocycles. The van der Waals surface area contributed by atoms with Crippen LogP contribution in [0.5, 0.6) is 5.75 Å². The largest absolute Gasteiger partial charge is 0.379 e. The number of ether oxygens (including phenoxy) is 1. The van der Waals surface area contributed by atoms with E-state index in [1.165, 1.54) is 34.6 Å². The summed E-state index contributed by atoms with van der Waals surface area (Å²) in [6.07, 6.45) is 0. The summed E-state index contributed by atoms with van der Waals surface area (Å²) in [4.78, 5) is -0.678. The Balaban J connectivity index is 2.01. The molecule has 2 aromatic carbocycles. The van der Waals surface area contributed by atoms with E-state index < -0.39 is 20.1 Å². The fraction of sp³-hybridized carbons (Fsp3) is 0.294. The van der Waals surface area contributed by atoms with Crippen molar-refractivity contribution >= 4 is 20.1 Å². The normalized spacial score (nSPS) is 16.3. The molecule has 7 nitrogen and oxygen atoms in total. The quantitative estimate of drug-likeness (QED) is 0.715. The minimum atomic E-state index is -4.32. The second-order valence-electron chi connectivity index (χ2n) is 5.82. The summed E-state index contributed by atoms with van der Waals surface area (Å²) < 4.78 is 62.8. The van der Waals surface area contributed by atoms with Crippen LogP contribution in [-0.2, 0) is 24.9 Å². The van der Waals surface area contributed by atoms with Crippen LogP contribution in [0.15, 0.2) is 58.3 Å². The van der Waals surface area contributed by atoms with Gasteiger partial charge in [0.1, 0.15) is 15.5 Å². The molecule has 0 aromatic heterocycles.